The first-order chi connectivity index (χ1) is 13.0. The highest BCUT2D eigenvalue weighted by Crippen LogP contribution is 2.31. The van der Waals surface area contributed by atoms with E-state index in [4.69, 9.17) is 4.42 Å². The number of fused-ring (bicyclic) bond motifs is 1. The lowest BCUT2D eigenvalue weighted by molar-refractivity contribution is -0.141. The van der Waals surface area contributed by atoms with Gasteiger partial charge in [0.25, 0.3) is 5.78 Å². The van der Waals surface area contributed by atoms with Gasteiger partial charge < -0.3 is 9.32 Å². The van der Waals surface area contributed by atoms with Crippen molar-refractivity contribution >= 4 is 11.6 Å². The number of anilines is 1. The van der Waals surface area contributed by atoms with Gasteiger partial charge in [-0.25, -0.2) is 4.98 Å². The fraction of sp³-hybridized carbons (Fsp3) is 0.167. The van der Waals surface area contributed by atoms with Crippen molar-refractivity contribution in [1.82, 2.24) is 19.6 Å². The zero-order valence-electron chi connectivity index (χ0n) is 14.0. The molecule has 0 N–H and O–H groups in total. The Hall–Kier alpha value is -3.36. The molecule has 3 aromatic heterocycles. The van der Waals surface area contributed by atoms with E-state index in [2.05, 4.69) is 15.1 Å². The zero-order chi connectivity index (χ0) is 18.9. The molecule has 0 fully saturated rings. The summed E-state index contributed by atoms with van der Waals surface area (Å²) < 4.78 is 46.6. The van der Waals surface area contributed by atoms with Crippen molar-refractivity contribution in [3.8, 4) is 0 Å². The van der Waals surface area contributed by atoms with Gasteiger partial charge in [-0.15, -0.1) is 0 Å². The average Bonchev–Trinajstić information content (AvgIpc) is 3.32. The molecule has 3 heterocycles. The first-order valence-electron chi connectivity index (χ1n) is 8.10. The van der Waals surface area contributed by atoms with Gasteiger partial charge in [-0.1, -0.05) is 30.3 Å². The minimum atomic E-state index is -4.59. The summed E-state index contributed by atoms with van der Waals surface area (Å²) in [5.41, 5.74) is -0.0850. The molecule has 0 radical (unpaired) electrons. The number of nitrogens with zero attached hydrogens (tertiary/aromatic N) is 5. The van der Waals surface area contributed by atoms with E-state index in [-0.39, 0.29) is 18.1 Å². The molecule has 138 valence electrons. The van der Waals surface area contributed by atoms with Crippen LogP contribution in [0.1, 0.15) is 17.0 Å². The van der Waals surface area contributed by atoms with Crippen LogP contribution in [0, 0.1) is 0 Å². The minimum absolute atomic E-state index is 0.114. The van der Waals surface area contributed by atoms with Crippen molar-refractivity contribution in [2.24, 2.45) is 0 Å². The van der Waals surface area contributed by atoms with Crippen LogP contribution >= 0.6 is 0 Å². The van der Waals surface area contributed by atoms with E-state index >= 15 is 0 Å². The molecule has 9 heteroatoms. The number of benzene rings is 1. The Kier molecular flexibility index (Phi) is 4.27. The molecule has 0 unspecified atom stereocenters. The Bertz CT molecular complexity index is 1030. The van der Waals surface area contributed by atoms with Gasteiger partial charge in [0, 0.05) is 12.6 Å². The maximum atomic E-state index is 13.3. The van der Waals surface area contributed by atoms with Gasteiger partial charge >= 0.3 is 6.18 Å². The number of halogens is 3. The highest BCUT2D eigenvalue weighted by molar-refractivity contribution is 5.48. The first-order valence-corrected chi connectivity index (χ1v) is 8.10. The summed E-state index contributed by atoms with van der Waals surface area (Å²) in [6.45, 7) is 0.621. The van der Waals surface area contributed by atoms with E-state index in [1.165, 1.54) is 17.1 Å². The summed E-state index contributed by atoms with van der Waals surface area (Å²) in [5.74, 6) is 0.729. The topological polar surface area (TPSA) is 59.5 Å². The summed E-state index contributed by atoms with van der Waals surface area (Å²) in [6.07, 6.45) is -1.89. The van der Waals surface area contributed by atoms with E-state index in [1.54, 1.807) is 17.0 Å². The van der Waals surface area contributed by atoms with Crippen molar-refractivity contribution in [2.45, 2.75) is 19.3 Å². The van der Waals surface area contributed by atoms with Crippen molar-refractivity contribution in [3.05, 3.63) is 78.1 Å². The molecule has 0 amide bonds. The molecule has 0 aliphatic carbocycles. The zero-order valence-corrected chi connectivity index (χ0v) is 14.0. The molecule has 6 nitrogen and oxygen atoms in total. The molecular weight excluding hydrogens is 359 g/mol. The predicted octanol–water partition coefficient (Wildman–Crippen LogP) is 3.94. The number of rotatable bonds is 5. The molecule has 0 spiro atoms. The molecule has 0 saturated heterocycles. The van der Waals surface area contributed by atoms with E-state index in [1.807, 2.05) is 30.3 Å². The Morgan fingerprint density at radius 2 is 1.85 bits per heavy atom. The lowest BCUT2D eigenvalue weighted by Crippen LogP contribution is -2.25. The van der Waals surface area contributed by atoms with Crippen molar-refractivity contribution in [1.29, 1.82) is 0 Å². The molecule has 27 heavy (non-hydrogen) atoms. The quantitative estimate of drug-likeness (QED) is 0.530. The van der Waals surface area contributed by atoms with Crippen LogP contribution in [-0.2, 0) is 19.3 Å². The van der Waals surface area contributed by atoms with Gasteiger partial charge in [0.05, 0.1) is 12.8 Å². The summed E-state index contributed by atoms with van der Waals surface area (Å²) in [5, 5.41) is 4.04. The van der Waals surface area contributed by atoms with E-state index in [9.17, 15) is 13.2 Å². The van der Waals surface area contributed by atoms with Crippen molar-refractivity contribution in [3.63, 3.8) is 0 Å². The molecule has 0 aliphatic heterocycles. The van der Waals surface area contributed by atoms with Gasteiger partial charge in [0.15, 0.2) is 5.69 Å². The number of hydrogen-bond donors (Lipinski definition) is 0. The second-order valence-corrected chi connectivity index (χ2v) is 5.89. The van der Waals surface area contributed by atoms with Crippen molar-refractivity contribution < 1.29 is 17.6 Å². The summed E-state index contributed by atoms with van der Waals surface area (Å²) in [7, 11) is 0. The van der Waals surface area contributed by atoms with Crippen LogP contribution in [0.2, 0.25) is 0 Å². The summed E-state index contributed by atoms with van der Waals surface area (Å²) >= 11 is 0. The SMILES string of the molecule is FC(F)(F)c1cc(N(Cc2ccccc2)Cc2ccco2)n2ncnc2n1. The van der Waals surface area contributed by atoms with Crippen LogP contribution in [-0.4, -0.2) is 19.6 Å². The maximum Gasteiger partial charge on any atom is 0.433 e. The fourth-order valence-electron chi connectivity index (χ4n) is 2.78. The third-order valence-electron chi connectivity index (χ3n) is 3.99. The van der Waals surface area contributed by atoms with Crippen LogP contribution in [0.3, 0.4) is 0 Å². The predicted molar refractivity (Wildman–Crippen MR) is 90.8 cm³/mol. The Morgan fingerprint density at radius 1 is 1.04 bits per heavy atom. The Morgan fingerprint density at radius 3 is 2.56 bits per heavy atom. The normalized spacial score (nSPS) is 11.8. The Labute approximate surface area is 151 Å². The fourth-order valence-corrected chi connectivity index (χ4v) is 2.78. The molecule has 4 aromatic rings. The summed E-state index contributed by atoms with van der Waals surface area (Å²) in [6, 6.07) is 13.9. The van der Waals surface area contributed by atoms with Gasteiger partial charge in [0.1, 0.15) is 17.9 Å². The molecule has 0 saturated carbocycles. The van der Waals surface area contributed by atoms with Gasteiger partial charge in [-0.3, -0.25) is 0 Å². The van der Waals surface area contributed by atoms with E-state index < -0.39 is 11.9 Å². The molecule has 0 atom stereocenters. The second kappa shape index (κ2) is 6.75. The maximum absolute atomic E-state index is 13.3. The number of hydrogen-bond acceptors (Lipinski definition) is 5. The Balaban J connectivity index is 1.82. The van der Waals surface area contributed by atoms with Gasteiger partial charge in [-0.05, 0) is 17.7 Å². The summed E-state index contributed by atoms with van der Waals surface area (Å²) in [4.78, 5) is 9.14. The largest absolute Gasteiger partial charge is 0.467 e. The molecule has 4 rings (SSSR count). The lowest BCUT2D eigenvalue weighted by atomic mass is 10.2. The lowest BCUT2D eigenvalue weighted by Gasteiger charge is -2.25. The highest BCUT2D eigenvalue weighted by Gasteiger charge is 2.34. The van der Waals surface area contributed by atoms with Crippen LogP contribution in [0.4, 0.5) is 19.0 Å². The molecule has 1 aromatic carbocycles. The molecule has 0 bridgehead atoms. The minimum Gasteiger partial charge on any atom is -0.467 e. The van der Waals surface area contributed by atoms with Gasteiger partial charge in [-0.2, -0.15) is 27.8 Å². The van der Waals surface area contributed by atoms with E-state index in [0.717, 1.165) is 11.6 Å². The molecule has 0 aliphatic rings. The first kappa shape index (κ1) is 17.1. The highest BCUT2D eigenvalue weighted by atomic mass is 19.4. The van der Waals surface area contributed by atoms with Crippen LogP contribution in [0.15, 0.2) is 65.5 Å². The third-order valence-corrected chi connectivity index (χ3v) is 3.99. The van der Waals surface area contributed by atoms with Crippen LogP contribution < -0.4 is 4.90 Å². The number of furan rings is 1. The van der Waals surface area contributed by atoms with Crippen LogP contribution in [0.5, 0.6) is 0 Å². The smallest absolute Gasteiger partial charge is 0.433 e. The molecular formula is C18H14F3N5O. The van der Waals surface area contributed by atoms with E-state index in [0.29, 0.717) is 12.3 Å². The standard InChI is InChI=1S/C18H14F3N5O/c19-18(20,21)15-9-16(26-17(24-15)22-12-23-26)25(11-14-7-4-8-27-14)10-13-5-2-1-3-6-13/h1-9,12H,10-11H2. The monoisotopic (exact) mass is 373 g/mol. The number of alkyl halides is 3. The second-order valence-electron chi connectivity index (χ2n) is 5.89. The number of aromatic nitrogens is 4. The average molecular weight is 373 g/mol. The van der Waals surface area contributed by atoms with Gasteiger partial charge in [0.2, 0.25) is 0 Å². The van der Waals surface area contributed by atoms with Crippen LogP contribution in [0.25, 0.3) is 5.78 Å². The van der Waals surface area contributed by atoms with Crippen molar-refractivity contribution in [2.75, 3.05) is 4.90 Å². The third kappa shape index (κ3) is 3.62.